The van der Waals surface area contributed by atoms with Crippen molar-refractivity contribution >= 4 is 28.6 Å². The third-order valence-electron chi connectivity index (χ3n) is 9.57. The highest BCUT2D eigenvalue weighted by Gasteiger charge is 2.39. The van der Waals surface area contributed by atoms with Crippen molar-refractivity contribution in [1.29, 1.82) is 0 Å². The lowest BCUT2D eigenvalue weighted by Gasteiger charge is -2.44. The SMILES string of the molecule is COCC1(CN(C)c2cc(-c3cc(F)cc(C(F)(F)F)c3)nc3nc(-c4cnc(N5CCC(NCC(F)(F)CC(=O)O)CC5)cn4)[nH]c23)CCC1. The number of rotatable bonds is 13. The number of alkyl halides is 5. The van der Waals surface area contributed by atoms with E-state index in [1.165, 1.54) is 6.20 Å². The third-order valence-corrected chi connectivity index (χ3v) is 9.57. The zero-order valence-electron chi connectivity index (χ0n) is 28.0. The van der Waals surface area contributed by atoms with Crippen LogP contribution in [-0.2, 0) is 15.7 Å². The van der Waals surface area contributed by atoms with E-state index < -0.39 is 42.4 Å². The van der Waals surface area contributed by atoms with Crippen molar-refractivity contribution in [2.45, 2.75) is 56.7 Å². The largest absolute Gasteiger partial charge is 0.481 e. The van der Waals surface area contributed by atoms with E-state index in [9.17, 15) is 31.1 Å². The number of nitrogens with one attached hydrogen (secondary N) is 2. The minimum atomic E-state index is -4.75. The minimum Gasteiger partial charge on any atom is -0.481 e. The number of nitrogens with zero attached hydrogens (tertiary/aromatic N) is 6. The molecule has 51 heavy (non-hydrogen) atoms. The second kappa shape index (κ2) is 14.3. The van der Waals surface area contributed by atoms with Gasteiger partial charge in [-0.05, 0) is 49.9 Å². The highest BCUT2D eigenvalue weighted by Crippen LogP contribution is 2.43. The number of pyridine rings is 1. The van der Waals surface area contributed by atoms with Gasteiger partial charge in [-0.1, -0.05) is 6.42 Å². The predicted molar refractivity (Wildman–Crippen MR) is 177 cm³/mol. The number of carbonyl (C=O) groups is 1. The number of aromatic nitrogens is 5. The number of fused-ring (bicyclic) bond motifs is 1. The molecule has 3 N–H and O–H groups in total. The summed E-state index contributed by atoms with van der Waals surface area (Å²) in [6.07, 6.45) is 1.17. The molecule has 11 nitrogen and oxygen atoms in total. The van der Waals surface area contributed by atoms with E-state index in [2.05, 4.69) is 30.2 Å². The maximum Gasteiger partial charge on any atom is 0.416 e. The fourth-order valence-electron chi connectivity index (χ4n) is 6.86. The molecule has 1 saturated carbocycles. The Morgan fingerprint density at radius 3 is 2.43 bits per heavy atom. The first kappa shape index (κ1) is 36.3. The van der Waals surface area contributed by atoms with Gasteiger partial charge in [0.25, 0.3) is 5.92 Å². The highest BCUT2D eigenvalue weighted by atomic mass is 19.4. The molecule has 2 fully saturated rings. The van der Waals surface area contributed by atoms with Crippen LogP contribution in [-0.4, -0.2) is 94.9 Å². The van der Waals surface area contributed by atoms with Gasteiger partial charge in [0, 0.05) is 50.8 Å². The molecule has 4 heterocycles. The lowest BCUT2D eigenvalue weighted by molar-refractivity contribution is -0.144. The second-order valence-corrected chi connectivity index (χ2v) is 13.5. The third kappa shape index (κ3) is 8.35. The van der Waals surface area contributed by atoms with Crippen molar-refractivity contribution in [3.05, 3.63) is 48.0 Å². The number of aromatic amines is 1. The highest BCUT2D eigenvalue weighted by molar-refractivity contribution is 5.91. The number of benzene rings is 1. The van der Waals surface area contributed by atoms with E-state index >= 15 is 0 Å². The van der Waals surface area contributed by atoms with Crippen molar-refractivity contribution in [3.63, 3.8) is 0 Å². The fourth-order valence-corrected chi connectivity index (χ4v) is 6.86. The molecule has 3 aromatic heterocycles. The normalized spacial score (nSPS) is 16.7. The summed E-state index contributed by atoms with van der Waals surface area (Å²) in [5, 5.41) is 11.5. The maximum absolute atomic E-state index is 14.5. The van der Waals surface area contributed by atoms with E-state index in [1.807, 2.05) is 16.8 Å². The summed E-state index contributed by atoms with van der Waals surface area (Å²) < 4.78 is 88.4. The zero-order chi connectivity index (χ0) is 36.6. The molecule has 2 aliphatic rings. The number of ether oxygens (including phenoxy) is 1. The Kier molecular flexibility index (Phi) is 10.1. The molecule has 0 atom stereocenters. The standard InChI is InChI=1S/C34H38F6N8O3/c1-47(18-32(19-51-2)6-3-7-32)26-13-24(20-10-21(34(38,39)40)12-22(35)11-20)44-31-29(26)45-30(46-31)25-15-42-27(16-41-25)48-8-4-23(5-9-48)43-17-33(36,37)14-28(49)50/h10-13,15-16,23,43H,3-9,14,17-19H2,1-2H3,(H,49,50)(H,44,45,46). The molecule has 1 aromatic carbocycles. The van der Waals surface area contributed by atoms with Gasteiger partial charge in [-0.15, -0.1) is 0 Å². The van der Waals surface area contributed by atoms with Crippen LogP contribution in [0.2, 0.25) is 0 Å². The monoisotopic (exact) mass is 720 g/mol. The summed E-state index contributed by atoms with van der Waals surface area (Å²) in [6, 6.07) is 3.75. The molecule has 6 rings (SSSR count). The average molecular weight is 721 g/mol. The molecule has 1 aliphatic carbocycles. The number of methoxy groups -OCH3 is 1. The van der Waals surface area contributed by atoms with Gasteiger partial charge in [0.15, 0.2) is 11.5 Å². The number of halogens is 6. The summed E-state index contributed by atoms with van der Waals surface area (Å²) in [6.45, 7) is 1.46. The Balaban J connectivity index is 1.25. The van der Waals surface area contributed by atoms with E-state index in [-0.39, 0.29) is 28.4 Å². The molecule has 274 valence electrons. The van der Waals surface area contributed by atoms with Crippen LogP contribution in [0.25, 0.3) is 33.9 Å². The number of carboxylic acid groups (broad SMARTS) is 1. The predicted octanol–water partition coefficient (Wildman–Crippen LogP) is 6.16. The van der Waals surface area contributed by atoms with Crippen molar-refractivity contribution in [1.82, 2.24) is 30.2 Å². The summed E-state index contributed by atoms with van der Waals surface area (Å²) >= 11 is 0. The van der Waals surface area contributed by atoms with Crippen LogP contribution in [0.15, 0.2) is 36.7 Å². The Hall–Kier alpha value is -4.51. The lowest BCUT2D eigenvalue weighted by Crippen LogP contribution is -2.46. The molecule has 0 spiro atoms. The van der Waals surface area contributed by atoms with Crippen LogP contribution in [0.1, 0.15) is 44.1 Å². The zero-order valence-corrected chi connectivity index (χ0v) is 28.0. The second-order valence-electron chi connectivity index (χ2n) is 13.5. The van der Waals surface area contributed by atoms with Crippen LogP contribution in [0, 0.1) is 11.2 Å². The molecule has 0 amide bonds. The molecular formula is C34H38F6N8O3. The summed E-state index contributed by atoms with van der Waals surface area (Å²) in [4.78, 5) is 36.2. The molecule has 4 aromatic rings. The number of piperidine rings is 1. The van der Waals surface area contributed by atoms with Crippen molar-refractivity contribution in [2.24, 2.45) is 5.41 Å². The maximum atomic E-state index is 14.5. The van der Waals surface area contributed by atoms with E-state index in [0.717, 1.165) is 31.4 Å². The molecule has 0 bridgehead atoms. The number of anilines is 2. The number of H-pyrrole nitrogens is 1. The van der Waals surface area contributed by atoms with Gasteiger partial charge in [0.2, 0.25) is 0 Å². The number of aliphatic carboxylic acids is 1. The molecule has 0 unspecified atom stereocenters. The Labute approximate surface area is 289 Å². The van der Waals surface area contributed by atoms with Gasteiger partial charge < -0.3 is 29.9 Å². The van der Waals surface area contributed by atoms with Crippen LogP contribution >= 0.6 is 0 Å². The van der Waals surface area contributed by atoms with E-state index in [4.69, 9.17) is 9.84 Å². The van der Waals surface area contributed by atoms with Gasteiger partial charge in [-0.2, -0.15) is 13.2 Å². The fraction of sp³-hybridized carbons (Fsp3) is 0.500. The number of carboxylic acids is 1. The summed E-state index contributed by atoms with van der Waals surface area (Å²) in [7, 11) is 3.52. The smallest absolute Gasteiger partial charge is 0.416 e. The summed E-state index contributed by atoms with van der Waals surface area (Å²) in [5.41, 5.74) is 0.554. The molecule has 17 heteroatoms. The number of hydrogen-bond donors (Lipinski definition) is 3. The van der Waals surface area contributed by atoms with Crippen LogP contribution in [0.5, 0.6) is 0 Å². The van der Waals surface area contributed by atoms with Gasteiger partial charge in [-0.3, -0.25) is 4.79 Å². The molecule has 1 saturated heterocycles. The molecule has 1 aliphatic heterocycles. The van der Waals surface area contributed by atoms with Crippen LogP contribution in [0.3, 0.4) is 0 Å². The summed E-state index contributed by atoms with van der Waals surface area (Å²) in [5.74, 6) is -5.05. The Morgan fingerprint density at radius 2 is 1.82 bits per heavy atom. The average Bonchev–Trinajstić information content (AvgIpc) is 3.49. The van der Waals surface area contributed by atoms with E-state index in [0.29, 0.717) is 73.7 Å². The molecular weight excluding hydrogens is 682 g/mol. The van der Waals surface area contributed by atoms with Crippen molar-refractivity contribution < 1.29 is 41.0 Å². The van der Waals surface area contributed by atoms with Gasteiger partial charge in [0.1, 0.15) is 29.3 Å². The van der Waals surface area contributed by atoms with Crippen LogP contribution < -0.4 is 15.1 Å². The molecule has 0 radical (unpaired) electrons. The van der Waals surface area contributed by atoms with Gasteiger partial charge >= 0.3 is 12.1 Å². The topological polar surface area (TPSA) is 132 Å². The first-order chi connectivity index (χ1) is 24.1. The van der Waals surface area contributed by atoms with Gasteiger partial charge in [0.05, 0.1) is 42.5 Å². The Morgan fingerprint density at radius 1 is 1.08 bits per heavy atom. The minimum absolute atomic E-state index is 0.0456. The first-order valence-corrected chi connectivity index (χ1v) is 16.5. The first-order valence-electron chi connectivity index (χ1n) is 16.5. The van der Waals surface area contributed by atoms with Gasteiger partial charge in [-0.25, -0.2) is 33.1 Å². The number of hydrogen-bond acceptors (Lipinski definition) is 9. The van der Waals surface area contributed by atoms with Crippen LogP contribution in [0.4, 0.5) is 37.8 Å². The van der Waals surface area contributed by atoms with Crippen molar-refractivity contribution in [2.75, 3.05) is 56.7 Å². The van der Waals surface area contributed by atoms with E-state index in [1.54, 1.807) is 19.4 Å². The Bertz CT molecular complexity index is 1860. The number of imidazole rings is 1. The lowest BCUT2D eigenvalue weighted by atomic mass is 9.69. The van der Waals surface area contributed by atoms with Crippen molar-refractivity contribution in [3.8, 4) is 22.8 Å². The quantitative estimate of drug-likeness (QED) is 0.138.